The van der Waals surface area contributed by atoms with Crippen molar-refractivity contribution in [1.82, 2.24) is 9.13 Å². The van der Waals surface area contributed by atoms with Gasteiger partial charge >= 0.3 is 5.69 Å². The Morgan fingerprint density at radius 2 is 1.84 bits per heavy atom. The zero-order chi connectivity index (χ0) is 18.0. The summed E-state index contributed by atoms with van der Waals surface area (Å²) in [6.45, 7) is 1.75. The zero-order valence-corrected chi connectivity index (χ0v) is 14.3. The van der Waals surface area contributed by atoms with Gasteiger partial charge in [0, 0.05) is 17.3 Å². The Bertz CT molecular complexity index is 1070. The molecule has 0 atom stereocenters. The van der Waals surface area contributed by atoms with Crippen molar-refractivity contribution in [2.75, 3.05) is 5.32 Å². The lowest BCUT2D eigenvalue weighted by atomic mass is 10.2. The molecule has 2 aromatic carbocycles. The molecule has 1 amide bonds. The third-order valence-corrected chi connectivity index (χ3v) is 4.09. The van der Waals surface area contributed by atoms with E-state index < -0.39 is 5.69 Å². The fraction of sp³-hybridized carbons (Fsp3) is 0.167. The summed E-state index contributed by atoms with van der Waals surface area (Å²) < 4.78 is 2.43. The van der Waals surface area contributed by atoms with E-state index in [0.29, 0.717) is 21.6 Å². The van der Waals surface area contributed by atoms with E-state index in [1.54, 1.807) is 55.5 Å². The van der Waals surface area contributed by atoms with Crippen LogP contribution in [0.3, 0.4) is 0 Å². The molecule has 3 aromatic rings. The molecule has 6 nitrogen and oxygen atoms in total. The van der Waals surface area contributed by atoms with Crippen molar-refractivity contribution in [2.45, 2.75) is 20.0 Å². The van der Waals surface area contributed by atoms with Crippen molar-refractivity contribution < 1.29 is 4.79 Å². The molecule has 3 rings (SSSR count). The van der Waals surface area contributed by atoms with Gasteiger partial charge in [-0.3, -0.25) is 18.7 Å². The molecule has 1 heterocycles. The van der Waals surface area contributed by atoms with Gasteiger partial charge in [0.25, 0.3) is 5.56 Å². The van der Waals surface area contributed by atoms with Crippen molar-refractivity contribution in [1.29, 1.82) is 0 Å². The number of anilines is 1. The number of fused-ring (bicyclic) bond motifs is 1. The Balaban J connectivity index is 2.02. The Morgan fingerprint density at radius 3 is 2.56 bits per heavy atom. The fourth-order valence-corrected chi connectivity index (χ4v) is 2.90. The molecule has 0 radical (unpaired) electrons. The summed E-state index contributed by atoms with van der Waals surface area (Å²) in [6, 6.07) is 13.5. The van der Waals surface area contributed by atoms with Crippen molar-refractivity contribution in [3.8, 4) is 0 Å². The number of hydrogen-bond donors (Lipinski definition) is 1. The Hall–Kier alpha value is -2.86. The van der Waals surface area contributed by atoms with Crippen molar-refractivity contribution in [3.63, 3.8) is 0 Å². The van der Waals surface area contributed by atoms with Crippen LogP contribution in [-0.4, -0.2) is 15.0 Å². The summed E-state index contributed by atoms with van der Waals surface area (Å²) in [6.07, 6.45) is 0. The number of nitrogens with zero attached hydrogens (tertiary/aromatic N) is 2. The second-order valence-electron chi connectivity index (χ2n) is 5.49. The lowest BCUT2D eigenvalue weighted by molar-refractivity contribution is -0.116. The fourth-order valence-electron chi connectivity index (χ4n) is 2.71. The SMILES string of the molecule is CCn1c(=O)c2ccccc2n(CC(=O)Nc2cccc(Cl)c2)c1=O. The van der Waals surface area contributed by atoms with Crippen LogP contribution in [0.25, 0.3) is 10.9 Å². The molecule has 0 unspecified atom stereocenters. The first-order valence-corrected chi connectivity index (χ1v) is 8.17. The van der Waals surface area contributed by atoms with Crippen LogP contribution < -0.4 is 16.6 Å². The molecule has 1 N–H and O–H groups in total. The third-order valence-electron chi connectivity index (χ3n) is 3.86. The number of rotatable bonds is 4. The van der Waals surface area contributed by atoms with Crippen molar-refractivity contribution in [2.24, 2.45) is 0 Å². The third kappa shape index (κ3) is 3.34. The smallest absolute Gasteiger partial charge is 0.324 e. The molecular formula is C18H16ClN3O3. The largest absolute Gasteiger partial charge is 0.331 e. The van der Waals surface area contributed by atoms with Crippen molar-refractivity contribution >= 4 is 34.1 Å². The summed E-state index contributed by atoms with van der Waals surface area (Å²) >= 11 is 5.90. The van der Waals surface area contributed by atoms with E-state index in [-0.39, 0.29) is 24.6 Å². The molecular weight excluding hydrogens is 342 g/mol. The van der Waals surface area contributed by atoms with Crippen LogP contribution in [0.1, 0.15) is 6.92 Å². The molecule has 0 fully saturated rings. The number of hydrogen-bond acceptors (Lipinski definition) is 3. The van der Waals surface area contributed by atoms with E-state index >= 15 is 0 Å². The Morgan fingerprint density at radius 1 is 1.08 bits per heavy atom. The first-order valence-electron chi connectivity index (χ1n) is 7.79. The monoisotopic (exact) mass is 357 g/mol. The minimum absolute atomic E-state index is 0.202. The molecule has 7 heteroatoms. The highest BCUT2D eigenvalue weighted by Gasteiger charge is 2.14. The van der Waals surface area contributed by atoms with Gasteiger partial charge in [0.1, 0.15) is 6.54 Å². The average molecular weight is 358 g/mol. The van der Waals surface area contributed by atoms with Gasteiger partial charge in [0.2, 0.25) is 5.91 Å². The Kier molecular flexibility index (Phi) is 4.72. The molecule has 0 aliphatic carbocycles. The minimum Gasteiger partial charge on any atom is -0.324 e. The molecule has 0 saturated carbocycles. The van der Waals surface area contributed by atoms with Crippen LogP contribution in [0.15, 0.2) is 58.1 Å². The van der Waals surface area contributed by atoms with Gasteiger partial charge in [-0.05, 0) is 37.3 Å². The number of halogens is 1. The summed E-state index contributed by atoms with van der Waals surface area (Å²) in [7, 11) is 0. The molecule has 0 aliphatic rings. The summed E-state index contributed by atoms with van der Waals surface area (Å²) in [5, 5.41) is 3.61. The standard InChI is InChI=1S/C18H16ClN3O3/c1-2-21-17(24)14-8-3-4-9-15(14)22(18(21)25)11-16(23)20-13-7-5-6-12(19)10-13/h3-10H,2,11H2,1H3,(H,20,23). The Labute approximate surface area is 148 Å². The minimum atomic E-state index is -0.507. The number of para-hydroxylation sites is 1. The molecule has 128 valence electrons. The van der Waals surface area contributed by atoms with E-state index in [1.807, 2.05) is 0 Å². The second-order valence-corrected chi connectivity index (χ2v) is 5.93. The molecule has 25 heavy (non-hydrogen) atoms. The predicted molar refractivity (Wildman–Crippen MR) is 98.2 cm³/mol. The van der Waals surface area contributed by atoms with Gasteiger partial charge in [-0.15, -0.1) is 0 Å². The van der Waals surface area contributed by atoms with E-state index in [1.165, 1.54) is 4.57 Å². The van der Waals surface area contributed by atoms with Crippen LogP contribution in [0, 0.1) is 0 Å². The predicted octanol–water partition coefficient (Wildman–Crippen LogP) is 2.48. The summed E-state index contributed by atoms with van der Waals surface area (Å²) in [5.41, 5.74) is 0.115. The van der Waals surface area contributed by atoms with Gasteiger partial charge in [0.05, 0.1) is 10.9 Å². The molecule has 0 bridgehead atoms. The highest BCUT2D eigenvalue weighted by Crippen LogP contribution is 2.15. The number of carbonyl (C=O) groups excluding carboxylic acids is 1. The number of carbonyl (C=O) groups is 1. The quantitative estimate of drug-likeness (QED) is 0.779. The van der Waals surface area contributed by atoms with Crippen molar-refractivity contribution in [3.05, 3.63) is 74.4 Å². The summed E-state index contributed by atoms with van der Waals surface area (Å²) in [4.78, 5) is 37.4. The van der Waals surface area contributed by atoms with Gasteiger partial charge in [-0.25, -0.2) is 4.79 Å². The molecule has 0 aliphatic heterocycles. The first-order chi connectivity index (χ1) is 12.0. The van der Waals surface area contributed by atoms with E-state index in [2.05, 4.69) is 5.32 Å². The topological polar surface area (TPSA) is 73.1 Å². The average Bonchev–Trinajstić information content (AvgIpc) is 2.59. The lowest BCUT2D eigenvalue weighted by Gasteiger charge is -2.13. The second kappa shape index (κ2) is 6.94. The normalized spacial score (nSPS) is 10.8. The lowest BCUT2D eigenvalue weighted by Crippen LogP contribution is -2.41. The van der Waals surface area contributed by atoms with Crippen LogP contribution in [-0.2, 0) is 17.9 Å². The first kappa shape index (κ1) is 17.0. The highest BCUT2D eigenvalue weighted by atomic mass is 35.5. The van der Waals surface area contributed by atoms with E-state index in [0.717, 1.165) is 4.57 Å². The summed E-state index contributed by atoms with van der Waals surface area (Å²) in [5.74, 6) is -0.379. The number of amides is 1. The van der Waals surface area contributed by atoms with Gasteiger partial charge in [0.15, 0.2) is 0 Å². The van der Waals surface area contributed by atoms with Gasteiger partial charge in [-0.2, -0.15) is 0 Å². The molecule has 0 spiro atoms. The number of aromatic nitrogens is 2. The van der Waals surface area contributed by atoms with Crippen LogP contribution in [0.5, 0.6) is 0 Å². The highest BCUT2D eigenvalue weighted by molar-refractivity contribution is 6.30. The molecule has 1 aromatic heterocycles. The maximum atomic E-state index is 12.6. The molecule has 0 saturated heterocycles. The maximum absolute atomic E-state index is 12.6. The number of benzene rings is 2. The zero-order valence-electron chi connectivity index (χ0n) is 13.5. The number of nitrogens with one attached hydrogen (secondary N) is 1. The van der Waals surface area contributed by atoms with Crippen LogP contribution in [0.2, 0.25) is 5.02 Å². The van der Waals surface area contributed by atoms with E-state index in [4.69, 9.17) is 11.6 Å². The van der Waals surface area contributed by atoms with Crippen LogP contribution in [0.4, 0.5) is 5.69 Å². The maximum Gasteiger partial charge on any atom is 0.331 e. The van der Waals surface area contributed by atoms with Crippen LogP contribution >= 0.6 is 11.6 Å². The van der Waals surface area contributed by atoms with E-state index in [9.17, 15) is 14.4 Å². The van der Waals surface area contributed by atoms with Gasteiger partial charge in [-0.1, -0.05) is 29.8 Å². The van der Waals surface area contributed by atoms with Gasteiger partial charge < -0.3 is 5.32 Å².